The molecule has 12 heteroatoms. The molecule has 0 bridgehead atoms. The molecule has 0 N–H and O–H groups in total. The minimum Gasteiger partial charge on any atom is -0.255 e. The Hall–Kier alpha value is -3.12. The molecule has 112 valence electrons. The average molecular weight is 474 g/mol. The van der Waals surface area contributed by atoms with Gasteiger partial charge in [0.2, 0.25) is 0 Å². The molecule has 0 atom stereocenters. The van der Waals surface area contributed by atoms with E-state index in [9.17, 15) is 0 Å². The first-order chi connectivity index (χ1) is 10.8. The molecule has 0 aromatic carbocycles. The minimum absolute atomic E-state index is 0.915. The van der Waals surface area contributed by atoms with Gasteiger partial charge in [0, 0.05) is 12.4 Å². The Labute approximate surface area is 130 Å². The molecule has 0 aliphatic heterocycles. The van der Waals surface area contributed by atoms with Gasteiger partial charge >= 0.3 is 59.9 Å². The Kier molecular flexibility index (Phi) is 8.19. The molecule has 0 saturated heterocycles. The van der Waals surface area contributed by atoms with Gasteiger partial charge in [-0.15, -0.1) is 0 Å². The number of hydrogen-bond acceptors (Lipinski definition) is 5. The second-order valence-electron chi connectivity index (χ2n) is 3.10. The van der Waals surface area contributed by atoms with Gasteiger partial charge in [0.25, 0.3) is 0 Å². The predicted octanol–water partition coefficient (Wildman–Crippen LogP) is 4.42. The number of pyridine rings is 2. The zero-order valence-corrected chi connectivity index (χ0v) is 13.3. The number of rotatable bonds is 4. The second kappa shape index (κ2) is 10.6. The molecule has 0 unspecified atom stereocenters. The van der Waals surface area contributed by atoms with Gasteiger partial charge in [0.15, 0.2) is 0 Å². The normalized spacial score (nSPS) is 8.82. The standard InChI is InChI=1S/C10H8N2.Ir.3N3/c1-3-7-11-9(5-1)10-6-2-4-8-12-10;;3*1-3-2/h1-8H;;;;/q;+3;3*-1. The average Bonchev–Trinajstić information content (AvgIpc) is 2.58. The molecule has 2 aromatic rings. The maximum Gasteiger partial charge on any atom is 0.0886 e. The molecule has 0 saturated carbocycles. The first kappa shape index (κ1) is 16.9. The van der Waals surface area contributed by atoms with Crippen LogP contribution < -0.4 is 0 Å². The summed E-state index contributed by atoms with van der Waals surface area (Å²) in [5.74, 6) is 0. The van der Waals surface area contributed by atoms with Gasteiger partial charge in [0.05, 0.1) is 11.4 Å². The van der Waals surface area contributed by atoms with Crippen LogP contribution in [0, 0.1) is 0 Å². The molecule has 2 rings (SSSR count). The molecular weight excluding hydrogens is 466 g/mol. The molecule has 22 heavy (non-hydrogen) atoms. The van der Waals surface area contributed by atoms with Crippen LogP contribution in [0.5, 0.6) is 0 Å². The monoisotopic (exact) mass is 475 g/mol. The second-order valence-corrected chi connectivity index (χ2v) is 5.97. The quantitative estimate of drug-likeness (QED) is 0.363. The van der Waals surface area contributed by atoms with E-state index in [-0.39, 0.29) is 0 Å². The van der Waals surface area contributed by atoms with Crippen LogP contribution >= 0.6 is 0 Å². The molecule has 0 amide bonds. The van der Waals surface area contributed by atoms with Crippen molar-refractivity contribution in [3.63, 3.8) is 0 Å². The molecular formula is C10H8IrN11. The van der Waals surface area contributed by atoms with Crippen LogP contribution in [0.4, 0.5) is 0 Å². The molecule has 2 heterocycles. The predicted molar refractivity (Wildman–Crippen MR) is 74.9 cm³/mol. The third-order valence-corrected chi connectivity index (χ3v) is 3.79. The van der Waals surface area contributed by atoms with Crippen molar-refractivity contribution in [1.29, 1.82) is 0 Å². The van der Waals surface area contributed by atoms with E-state index in [0.717, 1.165) is 11.4 Å². The van der Waals surface area contributed by atoms with Gasteiger partial charge in [-0.1, -0.05) is 12.1 Å². The van der Waals surface area contributed by atoms with E-state index in [2.05, 4.69) is 36.1 Å². The zero-order valence-electron chi connectivity index (χ0n) is 10.9. The van der Waals surface area contributed by atoms with Gasteiger partial charge in [-0.2, -0.15) is 0 Å². The largest absolute Gasteiger partial charge is 0.255 e. The third kappa shape index (κ3) is 6.35. The Morgan fingerprint density at radius 1 is 0.727 bits per heavy atom. The van der Waals surface area contributed by atoms with E-state index < -0.39 is 17.2 Å². The van der Waals surface area contributed by atoms with E-state index in [1.807, 2.05) is 36.4 Å². The minimum atomic E-state index is -2.86. The van der Waals surface area contributed by atoms with Crippen molar-refractivity contribution in [2.45, 2.75) is 0 Å². The van der Waals surface area contributed by atoms with E-state index in [1.165, 1.54) is 0 Å². The van der Waals surface area contributed by atoms with Gasteiger partial charge in [-0.05, 0) is 24.3 Å². The molecule has 0 spiro atoms. The zero-order chi connectivity index (χ0) is 16.0. The van der Waals surface area contributed by atoms with Crippen molar-refractivity contribution in [1.82, 2.24) is 9.97 Å². The van der Waals surface area contributed by atoms with Crippen molar-refractivity contribution < 1.29 is 17.2 Å². The molecule has 0 aliphatic rings. The summed E-state index contributed by atoms with van der Waals surface area (Å²) in [6.07, 6.45) is 3.54. The summed E-state index contributed by atoms with van der Waals surface area (Å²) in [5.41, 5.74) is 25.3. The van der Waals surface area contributed by atoms with E-state index >= 15 is 0 Å². The smallest absolute Gasteiger partial charge is 0.0886 e. The Balaban J connectivity index is 0.000000225. The number of nitrogens with zero attached hydrogens (tertiary/aromatic N) is 11. The first-order valence-corrected chi connectivity index (χ1v) is 8.65. The SMILES string of the molecule is [N-]=[N+]=[N][Ir]([N]=[N+]=[N-])[N]=[N+]=[N-].c1ccc(-c2ccccn2)nc1. The number of azide groups is 1. The van der Waals surface area contributed by atoms with Crippen molar-refractivity contribution in [2.24, 2.45) is 11.4 Å². The van der Waals surface area contributed by atoms with Crippen LogP contribution in [-0.4, -0.2) is 9.97 Å². The Morgan fingerprint density at radius 3 is 1.41 bits per heavy atom. The Bertz CT molecular complexity index is 635. The summed E-state index contributed by atoms with van der Waals surface area (Å²) in [4.78, 5) is 15.4. The summed E-state index contributed by atoms with van der Waals surface area (Å²) in [6, 6.07) is 11.6. The van der Waals surface area contributed by atoms with E-state index in [1.54, 1.807) is 12.4 Å². The van der Waals surface area contributed by atoms with Crippen LogP contribution in [0.15, 0.2) is 60.1 Å². The molecule has 11 nitrogen and oxygen atoms in total. The maximum atomic E-state index is 7.82. The van der Waals surface area contributed by atoms with E-state index in [4.69, 9.17) is 16.6 Å². The van der Waals surface area contributed by atoms with Crippen molar-refractivity contribution >= 4 is 0 Å². The summed E-state index contributed by atoms with van der Waals surface area (Å²) in [6.45, 7) is 0. The summed E-state index contributed by atoms with van der Waals surface area (Å²) in [5, 5.41) is 0. The van der Waals surface area contributed by atoms with Gasteiger partial charge in [-0.25, -0.2) is 0 Å². The summed E-state index contributed by atoms with van der Waals surface area (Å²) >= 11 is -2.86. The molecule has 0 radical (unpaired) electrons. The fourth-order valence-corrected chi connectivity index (χ4v) is 2.01. The molecule has 2 aromatic heterocycles. The fraction of sp³-hybridized carbons (Fsp3) is 0. The van der Waals surface area contributed by atoms with Crippen LogP contribution in [0.3, 0.4) is 0 Å². The van der Waals surface area contributed by atoms with Crippen LogP contribution in [0.2, 0.25) is 0 Å². The molecule has 0 fully saturated rings. The van der Waals surface area contributed by atoms with Crippen molar-refractivity contribution in [3.05, 3.63) is 80.1 Å². The Morgan fingerprint density at radius 2 is 1.14 bits per heavy atom. The summed E-state index contributed by atoms with van der Waals surface area (Å²) in [7, 11) is 0. The first-order valence-electron chi connectivity index (χ1n) is 5.44. The van der Waals surface area contributed by atoms with Crippen LogP contribution in [-0.2, 0) is 17.2 Å². The fourth-order valence-electron chi connectivity index (χ4n) is 1.15. The van der Waals surface area contributed by atoms with Crippen LogP contribution in [0.1, 0.15) is 0 Å². The van der Waals surface area contributed by atoms with Gasteiger partial charge < -0.3 is 0 Å². The summed E-state index contributed by atoms with van der Waals surface area (Å²) < 4.78 is 9.03. The topological polar surface area (TPSA) is 172 Å². The van der Waals surface area contributed by atoms with Gasteiger partial charge in [0.1, 0.15) is 0 Å². The number of aromatic nitrogens is 2. The molecule has 0 aliphatic carbocycles. The van der Waals surface area contributed by atoms with Crippen molar-refractivity contribution in [3.8, 4) is 11.4 Å². The number of hydrogen-bond donors (Lipinski definition) is 0. The van der Waals surface area contributed by atoms with Gasteiger partial charge in [-0.3, -0.25) is 9.97 Å². The van der Waals surface area contributed by atoms with E-state index in [0.29, 0.717) is 0 Å². The van der Waals surface area contributed by atoms with Crippen molar-refractivity contribution in [2.75, 3.05) is 0 Å². The third-order valence-electron chi connectivity index (χ3n) is 1.86. The maximum absolute atomic E-state index is 7.82. The van der Waals surface area contributed by atoms with Crippen LogP contribution in [0.25, 0.3) is 42.7 Å².